The van der Waals surface area contributed by atoms with Crippen LogP contribution in [0.5, 0.6) is 0 Å². The molecule has 2 aromatic carbocycles. The predicted molar refractivity (Wildman–Crippen MR) is 99.9 cm³/mol. The van der Waals surface area contributed by atoms with Crippen molar-refractivity contribution in [3.8, 4) is 0 Å². The third-order valence-electron chi connectivity index (χ3n) is 5.37. The first-order valence-electron chi connectivity index (χ1n) is 8.85. The Morgan fingerprint density at radius 1 is 1.04 bits per heavy atom. The van der Waals surface area contributed by atoms with Crippen molar-refractivity contribution < 1.29 is 13.2 Å². The molecule has 1 amide bonds. The number of hydrogen-bond acceptors (Lipinski definition) is 4. The highest BCUT2D eigenvalue weighted by Crippen LogP contribution is 2.32. The number of carbonyl (C=O) groups is 1. The van der Waals surface area contributed by atoms with E-state index in [2.05, 4.69) is 29.2 Å². The summed E-state index contributed by atoms with van der Waals surface area (Å²) in [6.07, 6.45) is 2.21. The van der Waals surface area contributed by atoms with Gasteiger partial charge in [0.1, 0.15) is 0 Å². The molecule has 136 valence electrons. The predicted octanol–water partition coefficient (Wildman–Crippen LogP) is 2.15. The zero-order valence-electron chi connectivity index (χ0n) is 14.8. The second-order valence-corrected chi connectivity index (χ2v) is 9.07. The van der Waals surface area contributed by atoms with Crippen LogP contribution in [0.1, 0.15) is 27.5 Å². The lowest BCUT2D eigenvalue weighted by atomic mass is 9.91. The van der Waals surface area contributed by atoms with Crippen LogP contribution in [0.4, 0.5) is 0 Å². The number of piperazine rings is 1. The summed E-state index contributed by atoms with van der Waals surface area (Å²) in [4.78, 5) is 17.5. The van der Waals surface area contributed by atoms with Crippen molar-refractivity contribution in [3.63, 3.8) is 0 Å². The SMILES string of the molecule is CS(=O)(=O)c1cccc(C(=O)N2CCN3CCc4ccccc4C3C2)c1. The first kappa shape index (κ1) is 17.2. The van der Waals surface area contributed by atoms with E-state index in [4.69, 9.17) is 0 Å². The van der Waals surface area contributed by atoms with Crippen LogP contribution >= 0.6 is 0 Å². The van der Waals surface area contributed by atoms with Crippen molar-refractivity contribution in [1.82, 2.24) is 9.80 Å². The van der Waals surface area contributed by atoms with Gasteiger partial charge in [0.25, 0.3) is 5.91 Å². The van der Waals surface area contributed by atoms with Gasteiger partial charge in [0.05, 0.1) is 10.9 Å². The Kier molecular flexibility index (Phi) is 4.32. The van der Waals surface area contributed by atoms with E-state index >= 15 is 0 Å². The number of sulfone groups is 1. The maximum absolute atomic E-state index is 13.0. The lowest BCUT2D eigenvalue weighted by molar-refractivity contribution is 0.0453. The molecule has 0 bridgehead atoms. The van der Waals surface area contributed by atoms with E-state index < -0.39 is 9.84 Å². The monoisotopic (exact) mass is 370 g/mol. The molecule has 0 aromatic heterocycles. The smallest absolute Gasteiger partial charge is 0.254 e. The van der Waals surface area contributed by atoms with Gasteiger partial charge in [0.15, 0.2) is 9.84 Å². The van der Waals surface area contributed by atoms with Crippen molar-refractivity contribution >= 4 is 15.7 Å². The van der Waals surface area contributed by atoms with Crippen molar-refractivity contribution in [1.29, 1.82) is 0 Å². The molecule has 4 rings (SSSR count). The number of hydrogen-bond donors (Lipinski definition) is 0. The molecule has 2 aliphatic rings. The lowest BCUT2D eigenvalue weighted by Crippen LogP contribution is -2.52. The van der Waals surface area contributed by atoms with Crippen LogP contribution in [-0.2, 0) is 16.3 Å². The summed E-state index contributed by atoms with van der Waals surface area (Å²) in [5, 5.41) is 0. The molecule has 0 aliphatic carbocycles. The molecule has 1 unspecified atom stereocenters. The molecule has 0 N–H and O–H groups in total. The summed E-state index contributed by atoms with van der Waals surface area (Å²) in [6.45, 7) is 3.17. The minimum Gasteiger partial charge on any atom is -0.335 e. The third-order valence-corrected chi connectivity index (χ3v) is 6.48. The fourth-order valence-corrected chi connectivity index (χ4v) is 4.63. The summed E-state index contributed by atoms with van der Waals surface area (Å²) in [6, 6.07) is 15.0. The Morgan fingerprint density at radius 3 is 2.65 bits per heavy atom. The first-order valence-corrected chi connectivity index (χ1v) is 10.7. The Balaban J connectivity index is 1.60. The van der Waals surface area contributed by atoms with E-state index in [1.165, 1.54) is 23.3 Å². The van der Waals surface area contributed by atoms with Gasteiger partial charge in [0, 0.05) is 38.0 Å². The fourth-order valence-electron chi connectivity index (χ4n) is 3.96. The molecule has 0 saturated carbocycles. The highest BCUT2D eigenvalue weighted by Gasteiger charge is 2.34. The molecule has 2 heterocycles. The quantitative estimate of drug-likeness (QED) is 0.813. The minimum atomic E-state index is -3.33. The molecule has 26 heavy (non-hydrogen) atoms. The summed E-state index contributed by atoms with van der Waals surface area (Å²) < 4.78 is 23.6. The Morgan fingerprint density at radius 2 is 1.85 bits per heavy atom. The summed E-state index contributed by atoms with van der Waals surface area (Å²) in [7, 11) is -3.33. The molecule has 0 spiro atoms. The third kappa shape index (κ3) is 3.15. The second kappa shape index (κ2) is 6.52. The van der Waals surface area contributed by atoms with Gasteiger partial charge in [-0.3, -0.25) is 9.69 Å². The normalized spacial score (nSPS) is 20.3. The van der Waals surface area contributed by atoms with Crippen LogP contribution in [0.2, 0.25) is 0 Å². The molecule has 1 atom stereocenters. The zero-order chi connectivity index (χ0) is 18.3. The maximum Gasteiger partial charge on any atom is 0.254 e. The van der Waals surface area contributed by atoms with Crippen molar-refractivity contribution in [2.45, 2.75) is 17.4 Å². The molecule has 0 radical (unpaired) electrons. The van der Waals surface area contributed by atoms with Crippen LogP contribution in [0.3, 0.4) is 0 Å². The fraction of sp³-hybridized carbons (Fsp3) is 0.350. The van der Waals surface area contributed by atoms with Crippen LogP contribution in [0.15, 0.2) is 53.4 Å². The molecular weight excluding hydrogens is 348 g/mol. The Labute approximate surface area is 154 Å². The summed E-state index contributed by atoms with van der Waals surface area (Å²) >= 11 is 0. The average Bonchev–Trinajstić information content (AvgIpc) is 2.66. The summed E-state index contributed by atoms with van der Waals surface area (Å²) in [5.41, 5.74) is 3.11. The average molecular weight is 370 g/mol. The van der Waals surface area contributed by atoms with Crippen molar-refractivity contribution in [3.05, 3.63) is 65.2 Å². The first-order chi connectivity index (χ1) is 12.4. The van der Waals surface area contributed by atoms with Gasteiger partial charge in [-0.25, -0.2) is 8.42 Å². The Bertz CT molecular complexity index is 955. The van der Waals surface area contributed by atoms with Crippen LogP contribution in [0, 0.1) is 0 Å². The zero-order valence-corrected chi connectivity index (χ0v) is 15.6. The summed E-state index contributed by atoms with van der Waals surface area (Å²) in [5.74, 6) is -0.0989. The van der Waals surface area contributed by atoms with E-state index in [-0.39, 0.29) is 16.8 Å². The molecular formula is C20H22N2O3S. The molecule has 1 fully saturated rings. The van der Waals surface area contributed by atoms with E-state index in [1.807, 2.05) is 4.90 Å². The van der Waals surface area contributed by atoms with Crippen LogP contribution in [0.25, 0.3) is 0 Å². The molecule has 2 aromatic rings. The molecule has 5 nitrogen and oxygen atoms in total. The van der Waals surface area contributed by atoms with E-state index in [0.29, 0.717) is 18.7 Å². The number of carbonyl (C=O) groups excluding carboxylic acids is 1. The van der Waals surface area contributed by atoms with Gasteiger partial charge >= 0.3 is 0 Å². The lowest BCUT2D eigenvalue weighted by Gasteiger charge is -2.45. The van der Waals surface area contributed by atoms with E-state index in [1.54, 1.807) is 12.1 Å². The largest absolute Gasteiger partial charge is 0.335 e. The molecule has 1 saturated heterocycles. The van der Waals surface area contributed by atoms with E-state index in [9.17, 15) is 13.2 Å². The number of rotatable bonds is 2. The minimum absolute atomic E-state index is 0.0989. The number of benzene rings is 2. The van der Waals surface area contributed by atoms with Crippen LogP contribution < -0.4 is 0 Å². The second-order valence-electron chi connectivity index (χ2n) is 7.05. The highest BCUT2D eigenvalue weighted by atomic mass is 32.2. The van der Waals surface area contributed by atoms with Gasteiger partial charge in [-0.2, -0.15) is 0 Å². The Hall–Kier alpha value is -2.18. The topological polar surface area (TPSA) is 57.7 Å². The number of fused-ring (bicyclic) bond motifs is 3. The van der Waals surface area contributed by atoms with Gasteiger partial charge in [-0.1, -0.05) is 30.3 Å². The molecule has 2 aliphatic heterocycles. The van der Waals surface area contributed by atoms with E-state index in [0.717, 1.165) is 25.8 Å². The standard InChI is InChI=1S/C20H22N2O3S/c1-26(24,25)17-7-4-6-16(13-17)20(23)22-12-11-21-10-9-15-5-2-3-8-18(15)19(21)14-22/h2-8,13,19H,9-12,14H2,1H3. The maximum atomic E-state index is 13.0. The van der Waals surface area contributed by atoms with Crippen molar-refractivity contribution in [2.75, 3.05) is 32.4 Å². The van der Waals surface area contributed by atoms with Gasteiger partial charge in [0.2, 0.25) is 0 Å². The van der Waals surface area contributed by atoms with Crippen molar-refractivity contribution in [2.24, 2.45) is 0 Å². The molecule has 6 heteroatoms. The van der Waals surface area contributed by atoms with Crippen LogP contribution in [-0.4, -0.2) is 56.6 Å². The number of amides is 1. The van der Waals surface area contributed by atoms with Gasteiger partial charge < -0.3 is 4.90 Å². The highest BCUT2D eigenvalue weighted by molar-refractivity contribution is 7.90. The van der Waals surface area contributed by atoms with Gasteiger partial charge in [-0.05, 0) is 35.7 Å². The number of nitrogens with zero attached hydrogens (tertiary/aromatic N) is 2. The van der Waals surface area contributed by atoms with Gasteiger partial charge in [-0.15, -0.1) is 0 Å².